The summed E-state index contributed by atoms with van der Waals surface area (Å²) >= 11 is 0. The van der Waals surface area contributed by atoms with Gasteiger partial charge in [0.2, 0.25) is 11.9 Å². The fourth-order valence-electron chi connectivity index (χ4n) is 3.99. The van der Waals surface area contributed by atoms with E-state index in [0.29, 0.717) is 24.4 Å². The molecule has 3 saturated heterocycles. The first-order valence-corrected chi connectivity index (χ1v) is 8.58. The molecule has 0 unspecified atom stereocenters. The third-order valence-corrected chi connectivity index (χ3v) is 5.29. The Balaban J connectivity index is 0.00000113. The van der Waals surface area contributed by atoms with Gasteiger partial charge < -0.3 is 15.1 Å². The minimum absolute atomic E-state index is 0. The number of nitrogens with one attached hydrogen (secondary N) is 1. The fourth-order valence-corrected chi connectivity index (χ4v) is 3.99. The number of carbonyl (C=O) groups excluding carboxylic acids is 1. The first kappa shape index (κ1) is 20.2. The van der Waals surface area contributed by atoms with Crippen molar-refractivity contribution in [3.63, 3.8) is 0 Å². The molecule has 0 aliphatic carbocycles. The Morgan fingerprint density at radius 3 is 2.52 bits per heavy atom. The second-order valence-electron chi connectivity index (χ2n) is 6.59. The first-order valence-electron chi connectivity index (χ1n) is 8.58. The number of rotatable bonds is 4. The number of likely N-dealkylation sites (tertiary alicyclic amines) is 1. The average Bonchev–Trinajstić information content (AvgIpc) is 3.15. The molecule has 0 aromatic carbocycles. The van der Waals surface area contributed by atoms with Crippen LogP contribution in [-0.2, 0) is 4.79 Å². The van der Waals surface area contributed by atoms with Crippen LogP contribution in [0.15, 0.2) is 18.5 Å². The smallest absolute Gasteiger partial charge is 0.225 e. The SMILES string of the molecule is Cl.Cl.O=C1C[C@H]2NCC[C@H]2N1CCN1CCN(c2ncccn2)CC1. The van der Waals surface area contributed by atoms with Crippen molar-refractivity contribution >= 4 is 36.7 Å². The average molecular weight is 389 g/mol. The van der Waals surface area contributed by atoms with Crippen LogP contribution in [-0.4, -0.2) is 83.6 Å². The maximum Gasteiger partial charge on any atom is 0.225 e. The molecule has 2 atom stereocenters. The predicted octanol–water partition coefficient (Wildman–Crippen LogP) is 0.405. The third-order valence-electron chi connectivity index (χ3n) is 5.29. The number of fused-ring (bicyclic) bond motifs is 1. The van der Waals surface area contributed by atoms with E-state index in [2.05, 4.69) is 30.0 Å². The maximum absolute atomic E-state index is 12.1. The molecule has 25 heavy (non-hydrogen) atoms. The summed E-state index contributed by atoms with van der Waals surface area (Å²) in [5.74, 6) is 1.14. The van der Waals surface area contributed by atoms with Crippen LogP contribution in [0.3, 0.4) is 0 Å². The molecule has 1 N–H and O–H groups in total. The number of aromatic nitrogens is 2. The van der Waals surface area contributed by atoms with E-state index in [1.54, 1.807) is 12.4 Å². The molecule has 3 aliphatic rings. The molecule has 1 amide bonds. The van der Waals surface area contributed by atoms with Gasteiger partial charge in [0.05, 0.1) is 0 Å². The van der Waals surface area contributed by atoms with Gasteiger partial charge in [-0.2, -0.15) is 0 Å². The van der Waals surface area contributed by atoms with E-state index in [9.17, 15) is 4.79 Å². The number of anilines is 1. The second kappa shape index (κ2) is 8.98. The molecule has 3 aliphatic heterocycles. The van der Waals surface area contributed by atoms with E-state index >= 15 is 0 Å². The van der Waals surface area contributed by atoms with E-state index in [0.717, 1.165) is 58.2 Å². The van der Waals surface area contributed by atoms with Gasteiger partial charge >= 0.3 is 0 Å². The van der Waals surface area contributed by atoms with E-state index in [1.807, 2.05) is 6.07 Å². The lowest BCUT2D eigenvalue weighted by Gasteiger charge is -2.36. The molecule has 1 aromatic rings. The Kier molecular flexibility index (Phi) is 7.25. The van der Waals surface area contributed by atoms with Gasteiger partial charge in [0, 0.05) is 70.2 Å². The molecular formula is C16H26Cl2N6O. The van der Waals surface area contributed by atoms with Gasteiger partial charge in [0.1, 0.15) is 0 Å². The lowest BCUT2D eigenvalue weighted by molar-refractivity contribution is -0.129. The topological polar surface area (TPSA) is 64.6 Å². The molecule has 0 radical (unpaired) electrons. The van der Waals surface area contributed by atoms with Crippen LogP contribution < -0.4 is 10.2 Å². The van der Waals surface area contributed by atoms with E-state index in [4.69, 9.17) is 0 Å². The van der Waals surface area contributed by atoms with Gasteiger partial charge in [-0.1, -0.05) is 0 Å². The largest absolute Gasteiger partial charge is 0.338 e. The van der Waals surface area contributed by atoms with Crippen molar-refractivity contribution in [1.82, 2.24) is 25.1 Å². The number of nitrogens with zero attached hydrogens (tertiary/aromatic N) is 5. The highest BCUT2D eigenvalue weighted by atomic mass is 35.5. The van der Waals surface area contributed by atoms with Gasteiger partial charge in [-0.15, -0.1) is 24.8 Å². The van der Waals surface area contributed by atoms with Gasteiger partial charge in [-0.3, -0.25) is 9.69 Å². The summed E-state index contributed by atoms with van der Waals surface area (Å²) in [6.45, 7) is 6.80. The summed E-state index contributed by atoms with van der Waals surface area (Å²) in [6, 6.07) is 2.67. The van der Waals surface area contributed by atoms with E-state index in [-0.39, 0.29) is 24.8 Å². The van der Waals surface area contributed by atoms with E-state index in [1.165, 1.54) is 0 Å². The summed E-state index contributed by atoms with van der Waals surface area (Å²) < 4.78 is 0. The molecule has 9 heteroatoms. The summed E-state index contributed by atoms with van der Waals surface area (Å²) in [6.07, 6.45) is 5.37. The lowest BCUT2D eigenvalue weighted by Crippen LogP contribution is -2.50. The van der Waals surface area contributed by atoms with Gasteiger partial charge in [-0.25, -0.2) is 9.97 Å². The van der Waals surface area contributed by atoms with Crippen LogP contribution in [0.25, 0.3) is 0 Å². The van der Waals surface area contributed by atoms with Crippen molar-refractivity contribution in [2.24, 2.45) is 0 Å². The van der Waals surface area contributed by atoms with Crippen LogP contribution in [0.5, 0.6) is 0 Å². The standard InChI is InChI=1S/C16H24N6O.2ClH/c23-15-12-13-14(2-5-17-13)22(15)11-8-20-6-9-21(10-7-20)16-18-3-1-4-19-16;;/h1,3-4,13-14,17H,2,5-12H2;2*1H/t13-,14-;;/m1../s1. The van der Waals surface area contributed by atoms with E-state index < -0.39 is 0 Å². The molecule has 140 valence electrons. The number of hydrogen-bond donors (Lipinski definition) is 1. The second-order valence-corrected chi connectivity index (χ2v) is 6.59. The number of carbonyl (C=O) groups is 1. The Morgan fingerprint density at radius 2 is 1.80 bits per heavy atom. The highest BCUT2D eigenvalue weighted by molar-refractivity contribution is 5.85. The summed E-state index contributed by atoms with van der Waals surface area (Å²) in [7, 11) is 0. The van der Waals surface area contributed by atoms with Crippen LogP contribution in [0.4, 0.5) is 5.95 Å². The summed E-state index contributed by atoms with van der Waals surface area (Å²) in [5.41, 5.74) is 0. The third kappa shape index (κ3) is 4.34. The highest BCUT2D eigenvalue weighted by Crippen LogP contribution is 2.25. The Hall–Kier alpha value is -1.15. The van der Waals surface area contributed by atoms with Crippen molar-refractivity contribution < 1.29 is 4.79 Å². The molecule has 1 aromatic heterocycles. The zero-order valence-corrected chi connectivity index (χ0v) is 15.8. The summed E-state index contributed by atoms with van der Waals surface area (Å²) in [5, 5.41) is 3.44. The van der Waals surface area contributed by atoms with Crippen LogP contribution in [0, 0.1) is 0 Å². The zero-order chi connectivity index (χ0) is 15.6. The van der Waals surface area contributed by atoms with Gasteiger partial charge in [-0.05, 0) is 19.0 Å². The number of halogens is 2. The normalized spacial score (nSPS) is 26.2. The maximum atomic E-state index is 12.1. The number of piperazine rings is 1. The number of hydrogen-bond acceptors (Lipinski definition) is 6. The molecule has 0 spiro atoms. The molecule has 4 heterocycles. The predicted molar refractivity (Wildman–Crippen MR) is 102 cm³/mol. The summed E-state index contributed by atoms with van der Waals surface area (Å²) in [4.78, 5) is 27.6. The van der Waals surface area contributed by atoms with Crippen molar-refractivity contribution in [3.8, 4) is 0 Å². The minimum Gasteiger partial charge on any atom is -0.338 e. The molecule has 3 fully saturated rings. The molecule has 4 rings (SSSR count). The molecule has 0 saturated carbocycles. The van der Waals surface area contributed by atoms with Crippen molar-refractivity contribution in [3.05, 3.63) is 18.5 Å². The Morgan fingerprint density at radius 1 is 1.08 bits per heavy atom. The monoisotopic (exact) mass is 388 g/mol. The molecule has 0 bridgehead atoms. The molecular weight excluding hydrogens is 363 g/mol. The molecule has 7 nitrogen and oxygen atoms in total. The van der Waals surface area contributed by atoms with Gasteiger partial charge in [0.25, 0.3) is 0 Å². The van der Waals surface area contributed by atoms with Crippen LogP contribution in [0.2, 0.25) is 0 Å². The van der Waals surface area contributed by atoms with Gasteiger partial charge in [0.15, 0.2) is 0 Å². The number of amides is 1. The van der Waals surface area contributed by atoms with Crippen molar-refractivity contribution in [1.29, 1.82) is 0 Å². The van der Waals surface area contributed by atoms with Crippen molar-refractivity contribution in [2.75, 3.05) is 50.7 Å². The highest BCUT2D eigenvalue weighted by Gasteiger charge is 2.42. The quantitative estimate of drug-likeness (QED) is 0.805. The first-order chi connectivity index (χ1) is 11.3. The van der Waals surface area contributed by atoms with Crippen LogP contribution >= 0.6 is 24.8 Å². The van der Waals surface area contributed by atoms with Crippen LogP contribution in [0.1, 0.15) is 12.8 Å². The van der Waals surface area contributed by atoms with Crippen molar-refractivity contribution in [2.45, 2.75) is 24.9 Å². The lowest BCUT2D eigenvalue weighted by atomic mass is 10.1. The zero-order valence-electron chi connectivity index (χ0n) is 14.2. The Bertz CT molecular complexity index is 555. The fraction of sp³-hybridized carbons (Fsp3) is 0.688. The minimum atomic E-state index is 0. The Labute approximate surface area is 161 Å².